The third-order valence-electron chi connectivity index (χ3n) is 2.37. The van der Waals surface area contributed by atoms with E-state index in [1.54, 1.807) is 0 Å². The van der Waals surface area contributed by atoms with Crippen molar-refractivity contribution < 1.29 is 27.5 Å². The molecule has 1 aliphatic heterocycles. The fourth-order valence-corrected chi connectivity index (χ4v) is 1.31. The second-order valence-electron chi connectivity index (χ2n) is 3.67. The first-order valence-corrected chi connectivity index (χ1v) is 4.97. The Labute approximate surface area is 98.7 Å². The molecule has 1 saturated heterocycles. The number of nitrogens with zero attached hydrogens (tertiary/aromatic N) is 2. The van der Waals surface area contributed by atoms with E-state index in [1.807, 2.05) is 0 Å². The highest BCUT2D eigenvalue weighted by atomic mass is 19.4. The number of carbonyl (C=O) groups is 2. The first-order valence-electron chi connectivity index (χ1n) is 4.97. The lowest BCUT2D eigenvalue weighted by Crippen LogP contribution is -2.43. The molecular formula is C9H8F3N3O3. The monoisotopic (exact) mass is 263 g/mol. The number of aromatic nitrogens is 2. The molecule has 0 radical (unpaired) electrons. The number of hydrogen-bond donors (Lipinski definition) is 1. The Morgan fingerprint density at radius 1 is 1.44 bits per heavy atom. The van der Waals surface area contributed by atoms with Crippen LogP contribution < -0.4 is 5.32 Å². The Kier molecular flexibility index (Phi) is 3.07. The number of esters is 2. The smallest absolute Gasteiger partial charge is 0.381 e. The zero-order valence-corrected chi connectivity index (χ0v) is 8.90. The number of alkyl halides is 3. The molecule has 0 aromatic carbocycles. The van der Waals surface area contributed by atoms with Gasteiger partial charge in [-0.3, -0.25) is 4.68 Å². The Bertz CT molecular complexity index is 479. The molecule has 0 atom stereocenters. The van der Waals surface area contributed by atoms with Gasteiger partial charge in [0.25, 0.3) is 0 Å². The first kappa shape index (κ1) is 12.6. The van der Waals surface area contributed by atoms with Crippen molar-refractivity contribution in [3.63, 3.8) is 0 Å². The molecule has 0 amide bonds. The zero-order valence-electron chi connectivity index (χ0n) is 8.90. The van der Waals surface area contributed by atoms with Crippen LogP contribution in [0.15, 0.2) is 12.3 Å². The van der Waals surface area contributed by atoms with Gasteiger partial charge in [0, 0.05) is 19.3 Å². The first-order chi connectivity index (χ1) is 8.38. The molecule has 1 aromatic rings. The highest BCUT2D eigenvalue weighted by Crippen LogP contribution is 2.17. The number of carbonyl (C=O) groups excluding carboxylic acids is 2. The van der Waals surface area contributed by atoms with E-state index in [4.69, 9.17) is 0 Å². The molecule has 18 heavy (non-hydrogen) atoms. The van der Waals surface area contributed by atoms with Crippen molar-refractivity contribution in [2.75, 3.05) is 13.1 Å². The lowest BCUT2D eigenvalue weighted by molar-refractivity contribution is -0.193. The minimum absolute atomic E-state index is 0.0601. The predicted octanol–water partition coefficient (Wildman–Crippen LogP) is 0.273. The SMILES string of the molecule is O=C(OC(=O)C(F)(F)F)c1ccn(C2CNC2)n1. The van der Waals surface area contributed by atoms with Gasteiger partial charge in [0.1, 0.15) is 0 Å². The van der Waals surface area contributed by atoms with Gasteiger partial charge < -0.3 is 10.1 Å². The van der Waals surface area contributed by atoms with E-state index < -0.39 is 18.1 Å². The summed E-state index contributed by atoms with van der Waals surface area (Å²) >= 11 is 0. The molecule has 1 fully saturated rings. The van der Waals surface area contributed by atoms with Crippen LogP contribution in [0.25, 0.3) is 0 Å². The average Bonchev–Trinajstić information content (AvgIpc) is 2.62. The molecule has 0 bridgehead atoms. The summed E-state index contributed by atoms with van der Waals surface area (Å²) in [4.78, 5) is 21.7. The standard InChI is InChI=1S/C9H8F3N3O3/c10-9(11,12)8(17)18-7(16)6-1-2-15(14-6)5-3-13-4-5/h1-2,5,13H,3-4H2. The minimum Gasteiger partial charge on any atom is -0.381 e. The quantitative estimate of drug-likeness (QED) is 0.612. The van der Waals surface area contributed by atoms with Crippen molar-refractivity contribution in [1.29, 1.82) is 0 Å². The van der Waals surface area contributed by atoms with Gasteiger partial charge in [-0.1, -0.05) is 0 Å². The maximum Gasteiger partial charge on any atom is 0.491 e. The van der Waals surface area contributed by atoms with Crippen molar-refractivity contribution in [2.45, 2.75) is 12.2 Å². The molecule has 2 heterocycles. The summed E-state index contributed by atoms with van der Waals surface area (Å²) in [6, 6.07) is 1.26. The minimum atomic E-state index is -5.20. The molecule has 6 nitrogen and oxygen atoms in total. The van der Waals surface area contributed by atoms with Crippen molar-refractivity contribution in [1.82, 2.24) is 15.1 Å². The van der Waals surface area contributed by atoms with Crippen LogP contribution in [0.5, 0.6) is 0 Å². The molecule has 9 heteroatoms. The third kappa shape index (κ3) is 2.50. The molecule has 98 valence electrons. The molecule has 0 aliphatic carbocycles. The number of hydrogen-bond acceptors (Lipinski definition) is 5. The van der Waals surface area contributed by atoms with E-state index in [0.717, 1.165) is 0 Å². The summed E-state index contributed by atoms with van der Waals surface area (Å²) in [6.07, 6.45) is -3.75. The molecule has 2 rings (SSSR count). The molecule has 1 aliphatic rings. The van der Waals surface area contributed by atoms with E-state index in [2.05, 4.69) is 15.2 Å². The molecule has 0 saturated carbocycles. The molecule has 0 unspecified atom stereocenters. The fourth-order valence-electron chi connectivity index (χ4n) is 1.31. The van der Waals surface area contributed by atoms with Crippen molar-refractivity contribution in [3.8, 4) is 0 Å². The second kappa shape index (κ2) is 4.41. The maximum absolute atomic E-state index is 11.9. The summed E-state index contributed by atoms with van der Waals surface area (Å²) in [5.74, 6) is -3.96. The second-order valence-corrected chi connectivity index (χ2v) is 3.67. The van der Waals surface area contributed by atoms with E-state index in [0.29, 0.717) is 13.1 Å². The number of halogens is 3. The van der Waals surface area contributed by atoms with Gasteiger partial charge in [-0.05, 0) is 6.07 Å². The van der Waals surface area contributed by atoms with Gasteiger partial charge in [-0.15, -0.1) is 0 Å². The van der Waals surface area contributed by atoms with Gasteiger partial charge >= 0.3 is 18.1 Å². The summed E-state index contributed by atoms with van der Waals surface area (Å²) in [6.45, 7) is 1.33. The summed E-state index contributed by atoms with van der Waals surface area (Å²) in [5, 5.41) is 6.72. The van der Waals surface area contributed by atoms with Crippen LogP contribution in [-0.4, -0.2) is 41.0 Å². The molecule has 0 spiro atoms. The predicted molar refractivity (Wildman–Crippen MR) is 50.6 cm³/mol. The average molecular weight is 263 g/mol. The van der Waals surface area contributed by atoms with Crippen LogP contribution in [0.1, 0.15) is 16.5 Å². The van der Waals surface area contributed by atoms with Crippen LogP contribution in [0.2, 0.25) is 0 Å². The number of nitrogens with one attached hydrogen (secondary N) is 1. The van der Waals surface area contributed by atoms with Gasteiger partial charge in [-0.25, -0.2) is 9.59 Å². The Hall–Kier alpha value is -1.90. The number of rotatable bonds is 2. The summed E-state index contributed by atoms with van der Waals surface area (Å²) < 4.78 is 40.7. The van der Waals surface area contributed by atoms with Gasteiger partial charge in [0.2, 0.25) is 0 Å². The topological polar surface area (TPSA) is 73.2 Å². The zero-order chi connectivity index (χ0) is 13.3. The molecular weight excluding hydrogens is 255 g/mol. The Balaban J connectivity index is 2.00. The van der Waals surface area contributed by atoms with Crippen LogP contribution in [0, 0.1) is 0 Å². The largest absolute Gasteiger partial charge is 0.491 e. The highest BCUT2D eigenvalue weighted by Gasteiger charge is 2.42. The Morgan fingerprint density at radius 3 is 2.61 bits per heavy atom. The number of ether oxygens (including phenoxy) is 1. The maximum atomic E-state index is 11.9. The lowest BCUT2D eigenvalue weighted by Gasteiger charge is -2.27. The van der Waals surface area contributed by atoms with Crippen molar-refractivity contribution in [3.05, 3.63) is 18.0 Å². The summed E-state index contributed by atoms with van der Waals surface area (Å²) in [5.41, 5.74) is -0.334. The van der Waals surface area contributed by atoms with Crippen LogP contribution in [0.4, 0.5) is 13.2 Å². The molecule has 1 N–H and O–H groups in total. The van der Waals surface area contributed by atoms with Gasteiger partial charge in [0.15, 0.2) is 5.69 Å². The van der Waals surface area contributed by atoms with Crippen LogP contribution in [-0.2, 0) is 9.53 Å². The lowest BCUT2D eigenvalue weighted by atomic mass is 10.2. The molecule has 1 aromatic heterocycles. The summed E-state index contributed by atoms with van der Waals surface area (Å²) in [7, 11) is 0. The van der Waals surface area contributed by atoms with Gasteiger partial charge in [-0.2, -0.15) is 18.3 Å². The normalized spacial score (nSPS) is 16.2. The third-order valence-corrected chi connectivity index (χ3v) is 2.37. The van der Waals surface area contributed by atoms with E-state index >= 15 is 0 Å². The van der Waals surface area contributed by atoms with E-state index in [9.17, 15) is 22.8 Å². The van der Waals surface area contributed by atoms with Crippen LogP contribution >= 0.6 is 0 Å². The van der Waals surface area contributed by atoms with Crippen LogP contribution in [0.3, 0.4) is 0 Å². The Morgan fingerprint density at radius 2 is 2.11 bits per heavy atom. The van der Waals surface area contributed by atoms with E-state index in [-0.39, 0.29) is 11.7 Å². The fraction of sp³-hybridized carbons (Fsp3) is 0.444. The van der Waals surface area contributed by atoms with Crippen molar-refractivity contribution >= 4 is 11.9 Å². The van der Waals surface area contributed by atoms with E-state index in [1.165, 1.54) is 16.9 Å². The highest BCUT2D eigenvalue weighted by molar-refractivity contribution is 5.96. The van der Waals surface area contributed by atoms with Gasteiger partial charge in [0.05, 0.1) is 6.04 Å². The van der Waals surface area contributed by atoms with Crippen molar-refractivity contribution in [2.24, 2.45) is 0 Å².